The van der Waals surface area contributed by atoms with Gasteiger partial charge in [0.25, 0.3) is 0 Å². The Hall–Kier alpha value is -1.51. The summed E-state index contributed by atoms with van der Waals surface area (Å²) < 4.78 is 5.58. The SMILES string of the molecule is OC(COc1ccc(Cl)cc1)c1ccc(C2CCC2)cc1. The standard InChI is InChI=1S/C18H19ClO2/c19-16-8-10-17(11-9-16)21-12-18(20)15-6-4-14(5-7-15)13-2-1-3-13/h4-11,13,18,20H,1-3,12H2. The van der Waals surface area contributed by atoms with Gasteiger partial charge in [0.05, 0.1) is 0 Å². The smallest absolute Gasteiger partial charge is 0.119 e. The van der Waals surface area contributed by atoms with Gasteiger partial charge in [0.1, 0.15) is 18.5 Å². The second-order valence-electron chi connectivity index (χ2n) is 5.58. The lowest BCUT2D eigenvalue weighted by atomic mass is 9.80. The van der Waals surface area contributed by atoms with Crippen LogP contribution in [0.25, 0.3) is 0 Å². The lowest BCUT2D eigenvalue weighted by Crippen LogP contribution is -2.11. The van der Waals surface area contributed by atoms with Gasteiger partial charge < -0.3 is 9.84 Å². The Morgan fingerprint density at radius 3 is 2.29 bits per heavy atom. The van der Waals surface area contributed by atoms with Crippen molar-refractivity contribution in [1.82, 2.24) is 0 Å². The molecule has 1 aliphatic carbocycles. The third-order valence-corrected chi connectivity index (χ3v) is 4.37. The molecule has 1 fully saturated rings. The Kier molecular flexibility index (Phi) is 4.47. The maximum Gasteiger partial charge on any atom is 0.119 e. The number of hydrogen-bond donors (Lipinski definition) is 1. The van der Waals surface area contributed by atoms with Gasteiger partial charge in [-0.15, -0.1) is 0 Å². The summed E-state index contributed by atoms with van der Waals surface area (Å²) in [5, 5.41) is 10.9. The van der Waals surface area contributed by atoms with Crippen molar-refractivity contribution in [2.24, 2.45) is 0 Å². The number of hydrogen-bond acceptors (Lipinski definition) is 2. The zero-order chi connectivity index (χ0) is 14.7. The van der Waals surface area contributed by atoms with E-state index in [9.17, 15) is 5.11 Å². The normalized spacial score (nSPS) is 16.3. The number of benzene rings is 2. The minimum atomic E-state index is -0.615. The highest BCUT2D eigenvalue weighted by molar-refractivity contribution is 6.30. The number of aliphatic hydroxyl groups is 1. The minimum absolute atomic E-state index is 0.240. The molecule has 0 bridgehead atoms. The Bertz CT molecular complexity index is 573. The molecule has 3 rings (SSSR count). The molecule has 0 aliphatic heterocycles. The predicted octanol–water partition coefficient (Wildman–Crippen LogP) is 4.72. The van der Waals surface area contributed by atoms with E-state index >= 15 is 0 Å². The van der Waals surface area contributed by atoms with Crippen LogP contribution in [0.1, 0.15) is 42.4 Å². The largest absolute Gasteiger partial charge is 0.491 e. The van der Waals surface area contributed by atoms with Crippen LogP contribution in [0.3, 0.4) is 0 Å². The lowest BCUT2D eigenvalue weighted by Gasteiger charge is -2.26. The molecule has 0 aromatic heterocycles. The molecule has 1 unspecified atom stereocenters. The molecule has 1 N–H and O–H groups in total. The summed E-state index contributed by atoms with van der Waals surface area (Å²) in [6, 6.07) is 15.4. The van der Waals surface area contributed by atoms with E-state index in [4.69, 9.17) is 16.3 Å². The first-order valence-corrected chi connectivity index (χ1v) is 7.76. The maximum atomic E-state index is 10.2. The first kappa shape index (κ1) is 14.4. The van der Waals surface area contributed by atoms with Crippen molar-refractivity contribution in [3.8, 4) is 5.75 Å². The number of aliphatic hydroxyl groups excluding tert-OH is 1. The van der Waals surface area contributed by atoms with Crippen molar-refractivity contribution in [3.63, 3.8) is 0 Å². The van der Waals surface area contributed by atoms with Crippen LogP contribution in [0.5, 0.6) is 5.75 Å². The van der Waals surface area contributed by atoms with Crippen LogP contribution in [-0.2, 0) is 0 Å². The van der Waals surface area contributed by atoms with Crippen molar-refractivity contribution >= 4 is 11.6 Å². The first-order chi connectivity index (χ1) is 10.2. The second kappa shape index (κ2) is 6.50. The quantitative estimate of drug-likeness (QED) is 0.866. The van der Waals surface area contributed by atoms with E-state index in [2.05, 4.69) is 12.1 Å². The molecule has 1 aliphatic rings. The number of rotatable bonds is 5. The van der Waals surface area contributed by atoms with E-state index in [1.54, 1.807) is 24.3 Å². The molecule has 21 heavy (non-hydrogen) atoms. The van der Waals surface area contributed by atoms with Crippen LogP contribution < -0.4 is 4.74 Å². The summed E-state index contributed by atoms with van der Waals surface area (Å²) in [7, 11) is 0. The first-order valence-electron chi connectivity index (χ1n) is 7.38. The fraction of sp³-hybridized carbons (Fsp3) is 0.333. The minimum Gasteiger partial charge on any atom is -0.491 e. The van der Waals surface area contributed by atoms with E-state index in [0.717, 1.165) is 11.5 Å². The molecule has 0 saturated heterocycles. The van der Waals surface area contributed by atoms with Gasteiger partial charge in [0, 0.05) is 5.02 Å². The molecule has 1 atom stereocenters. The third-order valence-electron chi connectivity index (χ3n) is 4.12. The average molecular weight is 303 g/mol. The molecule has 1 saturated carbocycles. The van der Waals surface area contributed by atoms with Gasteiger partial charge in [0.2, 0.25) is 0 Å². The summed E-state index contributed by atoms with van der Waals surface area (Å²) in [4.78, 5) is 0. The molecule has 2 aromatic rings. The van der Waals surface area contributed by atoms with Crippen molar-refractivity contribution in [1.29, 1.82) is 0 Å². The van der Waals surface area contributed by atoms with Crippen LogP contribution >= 0.6 is 11.6 Å². The Balaban J connectivity index is 1.56. The van der Waals surface area contributed by atoms with Gasteiger partial charge in [0.15, 0.2) is 0 Å². The highest BCUT2D eigenvalue weighted by Crippen LogP contribution is 2.36. The van der Waals surface area contributed by atoms with Crippen molar-refractivity contribution in [2.45, 2.75) is 31.3 Å². The van der Waals surface area contributed by atoms with E-state index in [0.29, 0.717) is 10.8 Å². The number of ether oxygens (including phenoxy) is 1. The second-order valence-corrected chi connectivity index (χ2v) is 6.01. The van der Waals surface area contributed by atoms with Crippen molar-refractivity contribution in [3.05, 3.63) is 64.7 Å². The van der Waals surface area contributed by atoms with Crippen LogP contribution in [0.2, 0.25) is 5.02 Å². The molecule has 0 radical (unpaired) electrons. The van der Waals surface area contributed by atoms with Crippen molar-refractivity contribution < 1.29 is 9.84 Å². The highest BCUT2D eigenvalue weighted by atomic mass is 35.5. The van der Waals surface area contributed by atoms with Gasteiger partial charge in [-0.2, -0.15) is 0 Å². The lowest BCUT2D eigenvalue weighted by molar-refractivity contribution is 0.108. The topological polar surface area (TPSA) is 29.5 Å². The van der Waals surface area contributed by atoms with Crippen LogP contribution in [0, 0.1) is 0 Å². The fourth-order valence-corrected chi connectivity index (χ4v) is 2.66. The van der Waals surface area contributed by atoms with Gasteiger partial charge >= 0.3 is 0 Å². The zero-order valence-electron chi connectivity index (χ0n) is 11.8. The molecule has 0 spiro atoms. The Morgan fingerprint density at radius 1 is 1.05 bits per heavy atom. The van der Waals surface area contributed by atoms with Crippen LogP contribution in [0.15, 0.2) is 48.5 Å². The van der Waals surface area contributed by atoms with Crippen LogP contribution in [-0.4, -0.2) is 11.7 Å². The van der Waals surface area contributed by atoms with E-state index in [1.807, 2.05) is 12.1 Å². The molecule has 3 heteroatoms. The zero-order valence-corrected chi connectivity index (χ0v) is 12.6. The molecule has 110 valence electrons. The molecule has 2 nitrogen and oxygen atoms in total. The van der Waals surface area contributed by atoms with E-state index in [1.165, 1.54) is 24.8 Å². The predicted molar refractivity (Wildman–Crippen MR) is 84.9 cm³/mol. The highest BCUT2D eigenvalue weighted by Gasteiger charge is 2.19. The van der Waals surface area contributed by atoms with Crippen LogP contribution in [0.4, 0.5) is 0 Å². The van der Waals surface area contributed by atoms with Gasteiger partial charge in [-0.25, -0.2) is 0 Å². The Morgan fingerprint density at radius 2 is 1.71 bits per heavy atom. The monoisotopic (exact) mass is 302 g/mol. The number of halogens is 1. The van der Waals surface area contributed by atoms with E-state index in [-0.39, 0.29) is 6.61 Å². The molecule has 0 amide bonds. The van der Waals surface area contributed by atoms with Crippen molar-refractivity contribution in [2.75, 3.05) is 6.61 Å². The Labute approximate surface area is 130 Å². The fourth-order valence-electron chi connectivity index (χ4n) is 2.53. The maximum absolute atomic E-state index is 10.2. The summed E-state index contributed by atoms with van der Waals surface area (Å²) in [5.41, 5.74) is 2.28. The molecular formula is C18H19ClO2. The molecule has 2 aromatic carbocycles. The molecular weight excluding hydrogens is 284 g/mol. The van der Waals surface area contributed by atoms with Gasteiger partial charge in [-0.1, -0.05) is 42.3 Å². The van der Waals surface area contributed by atoms with Gasteiger partial charge in [-0.3, -0.25) is 0 Å². The molecule has 0 heterocycles. The summed E-state index contributed by atoms with van der Waals surface area (Å²) in [5.74, 6) is 1.44. The summed E-state index contributed by atoms with van der Waals surface area (Å²) >= 11 is 5.82. The average Bonchev–Trinajstić information content (AvgIpc) is 2.45. The third kappa shape index (κ3) is 3.58. The van der Waals surface area contributed by atoms with E-state index < -0.39 is 6.10 Å². The summed E-state index contributed by atoms with van der Waals surface area (Å²) in [6.45, 7) is 0.240. The van der Waals surface area contributed by atoms with Gasteiger partial charge in [-0.05, 0) is 54.2 Å². The summed E-state index contributed by atoms with van der Waals surface area (Å²) in [6.07, 6.45) is 3.31.